The van der Waals surface area contributed by atoms with E-state index in [4.69, 9.17) is 10.5 Å². The van der Waals surface area contributed by atoms with E-state index in [9.17, 15) is 0 Å². The summed E-state index contributed by atoms with van der Waals surface area (Å²) in [6.45, 7) is 2.57. The number of para-hydroxylation sites is 1. The highest BCUT2D eigenvalue weighted by Gasteiger charge is 2.07. The van der Waals surface area contributed by atoms with Gasteiger partial charge in [-0.05, 0) is 43.3 Å². The van der Waals surface area contributed by atoms with Gasteiger partial charge in [0.15, 0.2) is 0 Å². The molecule has 0 aliphatic heterocycles. The first-order chi connectivity index (χ1) is 8.70. The van der Waals surface area contributed by atoms with Crippen molar-refractivity contribution in [2.75, 3.05) is 12.3 Å². The molecule has 0 radical (unpaired) electrons. The first kappa shape index (κ1) is 13.3. The van der Waals surface area contributed by atoms with Crippen LogP contribution in [0.25, 0.3) is 0 Å². The number of hydrogen-bond donors (Lipinski definition) is 1. The Bertz CT molecular complexity index is 528. The predicted octanol–water partition coefficient (Wildman–Crippen LogP) is 4.58. The lowest BCUT2D eigenvalue weighted by Crippen LogP contribution is -1.97. The second-order valence-corrected chi connectivity index (χ2v) is 5.69. The summed E-state index contributed by atoms with van der Waals surface area (Å²) in [5, 5.41) is 0. The van der Waals surface area contributed by atoms with E-state index >= 15 is 0 Å². The highest BCUT2D eigenvalue weighted by Crippen LogP contribution is 2.37. The number of nitrogen functional groups attached to an aromatic ring is 1. The standard InChI is InChI=1S/C14H14BrNOS/c1-2-17-12-4-3-5-13(14(12)16)18-11-8-6-10(15)7-9-11/h3-9H,2,16H2,1H3. The van der Waals surface area contributed by atoms with Crippen LogP contribution in [-0.4, -0.2) is 6.61 Å². The van der Waals surface area contributed by atoms with Gasteiger partial charge in [0.2, 0.25) is 0 Å². The Morgan fingerprint density at radius 1 is 1.17 bits per heavy atom. The SMILES string of the molecule is CCOc1cccc(Sc2ccc(Br)cc2)c1N. The van der Waals surface area contributed by atoms with Gasteiger partial charge in [-0.15, -0.1) is 0 Å². The van der Waals surface area contributed by atoms with Gasteiger partial charge in [-0.3, -0.25) is 0 Å². The summed E-state index contributed by atoms with van der Waals surface area (Å²) >= 11 is 5.06. The molecule has 0 spiro atoms. The average Bonchev–Trinajstić information content (AvgIpc) is 2.37. The summed E-state index contributed by atoms with van der Waals surface area (Å²) in [4.78, 5) is 2.17. The van der Waals surface area contributed by atoms with E-state index in [0.717, 1.165) is 20.0 Å². The normalized spacial score (nSPS) is 10.3. The second-order valence-electron chi connectivity index (χ2n) is 3.66. The first-order valence-electron chi connectivity index (χ1n) is 5.65. The van der Waals surface area contributed by atoms with Gasteiger partial charge in [0, 0.05) is 14.3 Å². The molecule has 0 aliphatic carbocycles. The number of rotatable bonds is 4. The number of halogens is 1. The average molecular weight is 324 g/mol. The minimum atomic E-state index is 0.622. The molecule has 0 heterocycles. The van der Waals surface area contributed by atoms with Gasteiger partial charge in [0.1, 0.15) is 5.75 Å². The van der Waals surface area contributed by atoms with Crippen LogP contribution in [-0.2, 0) is 0 Å². The molecule has 2 N–H and O–H groups in total. The Hall–Kier alpha value is -1.13. The number of ether oxygens (including phenoxy) is 1. The van der Waals surface area contributed by atoms with E-state index in [-0.39, 0.29) is 0 Å². The van der Waals surface area contributed by atoms with Crippen molar-refractivity contribution in [2.45, 2.75) is 16.7 Å². The quantitative estimate of drug-likeness (QED) is 0.836. The lowest BCUT2D eigenvalue weighted by Gasteiger charge is -2.10. The fourth-order valence-corrected chi connectivity index (χ4v) is 2.67. The fraction of sp³-hybridized carbons (Fsp3) is 0.143. The molecule has 0 saturated carbocycles. The van der Waals surface area contributed by atoms with Crippen molar-refractivity contribution in [3.8, 4) is 5.75 Å². The van der Waals surface area contributed by atoms with Crippen LogP contribution in [0, 0.1) is 0 Å². The third kappa shape index (κ3) is 3.21. The summed E-state index contributed by atoms with van der Waals surface area (Å²) in [6, 6.07) is 14.0. The molecule has 2 rings (SSSR count). The Labute approximate surface area is 120 Å². The molecule has 0 saturated heterocycles. The van der Waals surface area contributed by atoms with E-state index in [0.29, 0.717) is 12.3 Å². The summed E-state index contributed by atoms with van der Waals surface area (Å²) in [6.07, 6.45) is 0. The maximum Gasteiger partial charge on any atom is 0.143 e. The van der Waals surface area contributed by atoms with E-state index in [1.54, 1.807) is 11.8 Å². The van der Waals surface area contributed by atoms with Gasteiger partial charge in [-0.1, -0.05) is 33.8 Å². The number of hydrogen-bond acceptors (Lipinski definition) is 3. The summed E-state index contributed by atoms with van der Waals surface area (Å²) in [5.74, 6) is 0.750. The van der Waals surface area contributed by atoms with Crippen molar-refractivity contribution in [1.29, 1.82) is 0 Å². The van der Waals surface area contributed by atoms with Crippen molar-refractivity contribution >= 4 is 33.4 Å². The van der Waals surface area contributed by atoms with Crippen LogP contribution in [0.3, 0.4) is 0 Å². The first-order valence-corrected chi connectivity index (χ1v) is 7.26. The molecule has 0 atom stereocenters. The van der Waals surface area contributed by atoms with Crippen molar-refractivity contribution in [1.82, 2.24) is 0 Å². The minimum absolute atomic E-state index is 0.622. The molecular weight excluding hydrogens is 310 g/mol. The lowest BCUT2D eigenvalue weighted by molar-refractivity contribution is 0.341. The molecule has 0 aliphatic rings. The maximum atomic E-state index is 6.09. The van der Waals surface area contributed by atoms with Crippen molar-refractivity contribution in [3.05, 3.63) is 46.9 Å². The highest BCUT2D eigenvalue weighted by atomic mass is 79.9. The Kier molecular flexibility index (Phi) is 4.55. The number of anilines is 1. The third-order valence-corrected chi connectivity index (χ3v) is 3.98. The number of benzene rings is 2. The van der Waals surface area contributed by atoms with Gasteiger partial charge in [0.25, 0.3) is 0 Å². The van der Waals surface area contributed by atoms with Crippen LogP contribution in [0.2, 0.25) is 0 Å². The van der Waals surface area contributed by atoms with Crippen LogP contribution in [0.15, 0.2) is 56.7 Å². The molecule has 2 nitrogen and oxygen atoms in total. The van der Waals surface area contributed by atoms with E-state index in [1.807, 2.05) is 37.3 Å². The van der Waals surface area contributed by atoms with Crippen molar-refractivity contribution in [2.24, 2.45) is 0 Å². The minimum Gasteiger partial charge on any atom is -0.492 e. The largest absolute Gasteiger partial charge is 0.492 e. The van der Waals surface area contributed by atoms with Crippen LogP contribution in [0.4, 0.5) is 5.69 Å². The molecule has 94 valence electrons. The molecule has 2 aromatic carbocycles. The molecule has 0 amide bonds. The summed E-state index contributed by atoms with van der Waals surface area (Å²) in [7, 11) is 0. The van der Waals surface area contributed by atoms with Gasteiger partial charge < -0.3 is 10.5 Å². The molecule has 0 aromatic heterocycles. The third-order valence-electron chi connectivity index (χ3n) is 2.37. The van der Waals surface area contributed by atoms with Gasteiger partial charge in [-0.2, -0.15) is 0 Å². The fourth-order valence-electron chi connectivity index (χ4n) is 1.52. The topological polar surface area (TPSA) is 35.2 Å². The number of nitrogens with two attached hydrogens (primary N) is 1. The zero-order valence-electron chi connectivity index (χ0n) is 10.0. The second kappa shape index (κ2) is 6.16. The van der Waals surface area contributed by atoms with Crippen molar-refractivity contribution in [3.63, 3.8) is 0 Å². The van der Waals surface area contributed by atoms with Crippen LogP contribution >= 0.6 is 27.7 Å². The van der Waals surface area contributed by atoms with Gasteiger partial charge in [0.05, 0.1) is 12.3 Å². The van der Waals surface area contributed by atoms with Crippen LogP contribution in [0.1, 0.15) is 6.92 Å². The molecular formula is C14H14BrNOS. The molecule has 18 heavy (non-hydrogen) atoms. The smallest absolute Gasteiger partial charge is 0.143 e. The van der Waals surface area contributed by atoms with Crippen LogP contribution in [0.5, 0.6) is 5.75 Å². The van der Waals surface area contributed by atoms with Gasteiger partial charge >= 0.3 is 0 Å². The molecule has 0 unspecified atom stereocenters. The van der Waals surface area contributed by atoms with E-state index in [2.05, 4.69) is 28.1 Å². The summed E-state index contributed by atoms with van der Waals surface area (Å²) < 4.78 is 6.56. The van der Waals surface area contributed by atoms with Crippen molar-refractivity contribution < 1.29 is 4.74 Å². The predicted molar refractivity (Wildman–Crippen MR) is 80.3 cm³/mol. The zero-order valence-corrected chi connectivity index (χ0v) is 12.4. The molecule has 4 heteroatoms. The lowest BCUT2D eigenvalue weighted by atomic mass is 10.3. The Balaban J connectivity index is 2.23. The van der Waals surface area contributed by atoms with Gasteiger partial charge in [-0.25, -0.2) is 0 Å². The zero-order chi connectivity index (χ0) is 13.0. The Morgan fingerprint density at radius 3 is 2.56 bits per heavy atom. The molecule has 0 bridgehead atoms. The van der Waals surface area contributed by atoms with E-state index < -0.39 is 0 Å². The highest BCUT2D eigenvalue weighted by molar-refractivity contribution is 9.10. The monoisotopic (exact) mass is 323 g/mol. The maximum absolute atomic E-state index is 6.09. The molecule has 0 fully saturated rings. The van der Waals surface area contributed by atoms with E-state index in [1.165, 1.54) is 0 Å². The Morgan fingerprint density at radius 2 is 1.89 bits per heavy atom. The molecule has 2 aromatic rings. The summed E-state index contributed by atoms with van der Waals surface area (Å²) in [5.41, 5.74) is 6.79. The van der Waals surface area contributed by atoms with Crippen LogP contribution < -0.4 is 10.5 Å².